The molecule has 3 aromatic carbocycles. The van der Waals surface area contributed by atoms with Crippen LogP contribution in [-0.4, -0.2) is 88.0 Å². The zero-order valence-corrected chi connectivity index (χ0v) is 30.8. The molecule has 288 valence electrons. The molecule has 0 aromatic heterocycles. The van der Waals surface area contributed by atoms with Gasteiger partial charge < -0.3 is 41.7 Å². The van der Waals surface area contributed by atoms with Crippen molar-refractivity contribution in [1.82, 2.24) is 26.2 Å². The number of hydrogen-bond donors (Lipinski definition) is 6. The predicted octanol–water partition coefficient (Wildman–Crippen LogP) is 1.88. The van der Waals surface area contributed by atoms with Crippen LogP contribution in [0.3, 0.4) is 0 Å². The minimum atomic E-state index is -1.80. The molecule has 1 heterocycles. The smallest absolute Gasteiger partial charge is 0.408 e. The minimum Gasteiger partial charge on any atom is -0.445 e. The normalized spacial score (nSPS) is 16.2. The first kappa shape index (κ1) is 41.0. The van der Waals surface area contributed by atoms with Crippen molar-refractivity contribution in [3.63, 3.8) is 0 Å². The van der Waals surface area contributed by atoms with Gasteiger partial charge in [-0.25, -0.2) is 4.79 Å². The van der Waals surface area contributed by atoms with Crippen molar-refractivity contribution in [2.45, 2.75) is 95.3 Å². The van der Waals surface area contributed by atoms with Crippen LogP contribution >= 0.6 is 0 Å². The number of primary amides is 1. The number of aliphatic hydroxyl groups is 1. The first-order valence-corrected chi connectivity index (χ1v) is 17.9. The predicted molar refractivity (Wildman–Crippen MR) is 200 cm³/mol. The van der Waals surface area contributed by atoms with E-state index in [1.54, 1.807) is 84.9 Å². The lowest BCUT2D eigenvalue weighted by Gasteiger charge is -2.32. The number of carbonyl (C=O) groups is 6. The van der Waals surface area contributed by atoms with Crippen LogP contribution < -0.4 is 27.0 Å². The Balaban J connectivity index is 1.53. The number of likely N-dealkylation sites (tertiary alicyclic amines) is 1. The molecule has 7 N–H and O–H groups in total. The summed E-state index contributed by atoms with van der Waals surface area (Å²) in [6.45, 7) is 5.65. The van der Waals surface area contributed by atoms with Gasteiger partial charge in [-0.05, 0) is 56.7 Å². The molecule has 0 radical (unpaired) electrons. The molecule has 5 atom stereocenters. The number of rotatable bonds is 16. The van der Waals surface area contributed by atoms with Crippen LogP contribution in [0.25, 0.3) is 0 Å². The number of nitrogens with one attached hydrogen (secondary N) is 4. The lowest BCUT2D eigenvalue weighted by molar-refractivity contribution is -0.147. The van der Waals surface area contributed by atoms with Crippen LogP contribution in [0, 0.1) is 0 Å². The third kappa shape index (κ3) is 12.7. The molecule has 3 aromatic rings. The highest BCUT2D eigenvalue weighted by Crippen LogP contribution is 2.21. The van der Waals surface area contributed by atoms with E-state index in [2.05, 4.69) is 21.3 Å². The molecule has 0 spiro atoms. The van der Waals surface area contributed by atoms with Crippen LogP contribution in [0.5, 0.6) is 0 Å². The van der Waals surface area contributed by atoms with Crippen LogP contribution in [0.2, 0.25) is 0 Å². The van der Waals surface area contributed by atoms with Crippen LogP contribution in [0.1, 0.15) is 56.7 Å². The molecule has 0 unspecified atom stereocenters. The first-order chi connectivity index (χ1) is 25.7. The standard InChI is InChI=1S/C40H50N6O8/c1-40(2,3)45-37(51)32-20-13-21-46(32)38(52)34(48)29(22-26-14-7-4-8-15-26)42-36(50)31(24-33(41)47)43-35(49)30(23-27-16-9-5-10-17-27)44-39(53)54-25-28-18-11-6-12-19-28/h4-12,14-19,29-32,34,48H,13,20-25H2,1-3H3,(H2,41,47)(H,42,50)(H,43,49)(H,44,53)(H,45,51)/t29-,30+,31-,32-,34-/m0/s1. The summed E-state index contributed by atoms with van der Waals surface area (Å²) in [5.41, 5.74) is 7.06. The van der Waals surface area contributed by atoms with Gasteiger partial charge in [0.2, 0.25) is 23.6 Å². The maximum Gasteiger partial charge on any atom is 0.408 e. The molecule has 14 heteroatoms. The number of alkyl carbamates (subject to hydrolysis) is 1. The van der Waals surface area contributed by atoms with Gasteiger partial charge in [-0.1, -0.05) is 91.0 Å². The average Bonchev–Trinajstić information content (AvgIpc) is 3.63. The Morgan fingerprint density at radius 3 is 1.87 bits per heavy atom. The zero-order chi connectivity index (χ0) is 39.3. The fourth-order valence-electron chi connectivity index (χ4n) is 6.14. The van der Waals surface area contributed by atoms with Gasteiger partial charge in [0.25, 0.3) is 5.91 Å². The summed E-state index contributed by atoms with van der Waals surface area (Å²) < 4.78 is 5.34. The maximum absolute atomic E-state index is 13.9. The van der Waals surface area contributed by atoms with Crippen molar-refractivity contribution >= 4 is 35.6 Å². The van der Waals surface area contributed by atoms with Crippen molar-refractivity contribution in [2.75, 3.05) is 6.54 Å². The van der Waals surface area contributed by atoms with Gasteiger partial charge in [-0.3, -0.25) is 24.0 Å². The van der Waals surface area contributed by atoms with Gasteiger partial charge in [0.15, 0.2) is 6.10 Å². The van der Waals surface area contributed by atoms with E-state index in [1.165, 1.54) is 4.90 Å². The SMILES string of the molecule is CC(C)(C)NC(=O)[C@@H]1CCCN1C(=O)[C@@H](O)[C@H](Cc1ccccc1)NC(=O)[C@H](CC(N)=O)NC(=O)[C@@H](Cc1ccccc1)NC(=O)OCc1ccccc1. The van der Waals surface area contributed by atoms with Gasteiger partial charge in [0.1, 0.15) is 24.7 Å². The Kier molecular flexibility index (Phi) is 14.7. The second kappa shape index (κ2) is 19.4. The molecule has 1 aliphatic heterocycles. The van der Waals surface area contributed by atoms with E-state index in [-0.39, 0.29) is 31.9 Å². The first-order valence-electron chi connectivity index (χ1n) is 17.9. The highest BCUT2D eigenvalue weighted by Gasteiger charge is 2.41. The number of aliphatic hydroxyl groups excluding tert-OH is 1. The van der Waals surface area contributed by atoms with E-state index in [1.807, 2.05) is 26.8 Å². The van der Waals surface area contributed by atoms with Gasteiger partial charge in [-0.2, -0.15) is 0 Å². The summed E-state index contributed by atoms with van der Waals surface area (Å²) in [6, 6.07) is 21.8. The monoisotopic (exact) mass is 742 g/mol. The summed E-state index contributed by atoms with van der Waals surface area (Å²) >= 11 is 0. The Hall–Kier alpha value is -5.76. The molecular formula is C40H50N6O8. The van der Waals surface area contributed by atoms with Crippen LogP contribution in [0.15, 0.2) is 91.0 Å². The lowest BCUT2D eigenvalue weighted by atomic mass is 9.98. The fraction of sp³-hybridized carbons (Fsp3) is 0.400. The maximum atomic E-state index is 13.9. The van der Waals surface area contributed by atoms with E-state index in [9.17, 15) is 33.9 Å². The Labute approximate surface area is 315 Å². The quantitative estimate of drug-likeness (QED) is 0.127. The molecule has 14 nitrogen and oxygen atoms in total. The summed E-state index contributed by atoms with van der Waals surface area (Å²) in [5.74, 6) is -3.72. The number of nitrogens with two attached hydrogens (primary N) is 1. The van der Waals surface area contributed by atoms with E-state index in [0.29, 0.717) is 24.0 Å². The fourth-order valence-corrected chi connectivity index (χ4v) is 6.14. The van der Waals surface area contributed by atoms with Gasteiger partial charge in [-0.15, -0.1) is 0 Å². The molecule has 54 heavy (non-hydrogen) atoms. The van der Waals surface area contributed by atoms with E-state index in [4.69, 9.17) is 10.5 Å². The Bertz CT molecular complexity index is 1740. The molecule has 0 aliphatic carbocycles. The molecule has 0 saturated carbocycles. The largest absolute Gasteiger partial charge is 0.445 e. The van der Waals surface area contributed by atoms with E-state index in [0.717, 1.165) is 5.56 Å². The third-order valence-corrected chi connectivity index (χ3v) is 8.74. The molecule has 1 saturated heterocycles. The van der Waals surface area contributed by atoms with Gasteiger partial charge in [0, 0.05) is 18.5 Å². The number of amides is 6. The zero-order valence-electron chi connectivity index (χ0n) is 30.8. The average molecular weight is 743 g/mol. The molecule has 1 fully saturated rings. The molecule has 4 rings (SSSR count). The summed E-state index contributed by atoms with van der Waals surface area (Å²) in [7, 11) is 0. The number of nitrogens with zero attached hydrogens (tertiary/aromatic N) is 1. The van der Waals surface area contributed by atoms with Crippen LogP contribution in [0.4, 0.5) is 4.79 Å². The molecule has 0 bridgehead atoms. The lowest BCUT2D eigenvalue weighted by Crippen LogP contribution is -2.60. The second-order valence-electron chi connectivity index (χ2n) is 14.4. The molecule has 1 aliphatic rings. The molecular weight excluding hydrogens is 692 g/mol. The topological polar surface area (TPSA) is 209 Å². The third-order valence-electron chi connectivity index (χ3n) is 8.74. The highest BCUT2D eigenvalue weighted by atomic mass is 16.5. The Morgan fingerprint density at radius 2 is 1.31 bits per heavy atom. The summed E-state index contributed by atoms with van der Waals surface area (Å²) in [4.78, 5) is 81.0. The number of ether oxygens (including phenoxy) is 1. The highest BCUT2D eigenvalue weighted by molar-refractivity contribution is 5.95. The van der Waals surface area contributed by atoms with Gasteiger partial charge >= 0.3 is 6.09 Å². The summed E-state index contributed by atoms with van der Waals surface area (Å²) in [6.07, 6.45) is -2.35. The summed E-state index contributed by atoms with van der Waals surface area (Å²) in [5, 5.41) is 22.2. The van der Waals surface area contributed by atoms with Crippen molar-refractivity contribution in [1.29, 1.82) is 0 Å². The number of carbonyl (C=O) groups excluding carboxylic acids is 6. The van der Waals surface area contributed by atoms with Gasteiger partial charge in [0.05, 0.1) is 12.5 Å². The number of hydrogen-bond acceptors (Lipinski definition) is 8. The van der Waals surface area contributed by atoms with Crippen molar-refractivity contribution in [2.24, 2.45) is 5.73 Å². The second-order valence-corrected chi connectivity index (χ2v) is 14.4. The number of benzene rings is 3. The van der Waals surface area contributed by atoms with Crippen molar-refractivity contribution < 1.29 is 38.6 Å². The Morgan fingerprint density at radius 1 is 0.778 bits per heavy atom. The van der Waals surface area contributed by atoms with Crippen LogP contribution in [-0.2, 0) is 48.2 Å². The molecule has 6 amide bonds. The minimum absolute atomic E-state index is 0.00510. The van der Waals surface area contributed by atoms with E-state index < -0.39 is 72.0 Å². The van der Waals surface area contributed by atoms with Crippen molar-refractivity contribution in [3.8, 4) is 0 Å². The van der Waals surface area contributed by atoms with E-state index >= 15 is 0 Å². The van der Waals surface area contributed by atoms with Crippen molar-refractivity contribution in [3.05, 3.63) is 108 Å².